The first-order chi connectivity index (χ1) is 21.3. The molecule has 1 unspecified atom stereocenters. The standard InChI is InChI=1S/C35H36ClF4NO3S/c1-34(2,42)32-30(37)20-27(21-31(32)45(3)43)44-19-11-18-41(22-26-16-10-17-29(33(26)36)35(38,39)40)23-28(24-12-6-4-7-13-24)25-14-8-5-9-15-25/h4-10,12-17,20-21,28,42H,11,18-19,22-23H2,1-3H3. The van der Waals surface area contributed by atoms with Crippen molar-refractivity contribution in [3.8, 4) is 5.75 Å². The van der Waals surface area contributed by atoms with Gasteiger partial charge in [0, 0.05) is 43.4 Å². The Hall–Kier alpha value is -3.24. The summed E-state index contributed by atoms with van der Waals surface area (Å²) in [6, 6.07) is 26.3. The van der Waals surface area contributed by atoms with Crippen LogP contribution < -0.4 is 4.74 Å². The van der Waals surface area contributed by atoms with Crippen LogP contribution in [0.3, 0.4) is 0 Å². The molecule has 0 saturated carbocycles. The Labute approximate surface area is 269 Å². The van der Waals surface area contributed by atoms with E-state index in [1.165, 1.54) is 32.2 Å². The van der Waals surface area contributed by atoms with Gasteiger partial charge in [0.1, 0.15) is 11.6 Å². The summed E-state index contributed by atoms with van der Waals surface area (Å²) in [5.41, 5.74) is 0.000703. The third-order valence-corrected chi connectivity index (χ3v) is 8.85. The quantitative estimate of drug-likeness (QED) is 0.115. The maximum atomic E-state index is 15.0. The van der Waals surface area contributed by atoms with Gasteiger partial charge >= 0.3 is 6.18 Å². The maximum absolute atomic E-state index is 15.0. The van der Waals surface area contributed by atoms with Gasteiger partial charge in [-0.1, -0.05) is 84.4 Å². The minimum Gasteiger partial charge on any atom is -0.493 e. The zero-order valence-electron chi connectivity index (χ0n) is 25.3. The van der Waals surface area contributed by atoms with E-state index in [-0.39, 0.29) is 40.3 Å². The van der Waals surface area contributed by atoms with Gasteiger partial charge in [-0.3, -0.25) is 9.11 Å². The first kappa shape index (κ1) is 34.6. The van der Waals surface area contributed by atoms with Crippen LogP contribution in [0.2, 0.25) is 5.02 Å². The molecule has 0 fully saturated rings. The minimum atomic E-state index is -4.58. The average molecular weight is 662 g/mol. The molecule has 0 saturated heterocycles. The SMILES string of the molecule is CS(=O)c1cc(OCCCN(Cc2cccc(C(F)(F)F)c2Cl)CC(c2ccccc2)c2ccccc2)cc(F)c1C(C)(C)O. The van der Waals surface area contributed by atoms with Gasteiger partial charge in [0.05, 0.1) is 38.5 Å². The second-order valence-corrected chi connectivity index (χ2v) is 13.1. The van der Waals surface area contributed by atoms with Gasteiger partial charge in [-0.25, -0.2) is 4.39 Å². The molecule has 1 N–H and O–H groups in total. The first-order valence-corrected chi connectivity index (χ1v) is 16.4. The van der Waals surface area contributed by atoms with E-state index < -0.39 is 34.0 Å². The summed E-state index contributed by atoms with van der Waals surface area (Å²) in [6.07, 6.45) is -2.73. The van der Waals surface area contributed by atoms with Crippen molar-refractivity contribution < 1.29 is 31.6 Å². The number of ether oxygens (including phenoxy) is 1. The molecule has 0 aliphatic carbocycles. The van der Waals surface area contributed by atoms with Crippen LogP contribution in [0.5, 0.6) is 5.75 Å². The predicted octanol–water partition coefficient (Wildman–Crippen LogP) is 8.57. The molecule has 0 aromatic heterocycles. The van der Waals surface area contributed by atoms with Crippen LogP contribution in [0, 0.1) is 5.82 Å². The lowest BCUT2D eigenvalue weighted by atomic mass is 9.90. The zero-order valence-corrected chi connectivity index (χ0v) is 26.9. The lowest BCUT2D eigenvalue weighted by Crippen LogP contribution is -2.31. The minimum absolute atomic E-state index is 0.0484. The number of hydrogen-bond acceptors (Lipinski definition) is 4. The molecule has 0 bridgehead atoms. The molecule has 240 valence electrons. The second kappa shape index (κ2) is 14.9. The van der Waals surface area contributed by atoms with E-state index in [1.54, 1.807) is 6.07 Å². The van der Waals surface area contributed by atoms with Crippen molar-refractivity contribution in [1.29, 1.82) is 0 Å². The van der Waals surface area contributed by atoms with E-state index in [0.29, 0.717) is 25.1 Å². The Balaban J connectivity index is 1.58. The highest BCUT2D eigenvalue weighted by Gasteiger charge is 2.34. The number of alkyl halides is 3. The van der Waals surface area contributed by atoms with Gasteiger partial charge in [-0.2, -0.15) is 13.2 Å². The van der Waals surface area contributed by atoms with Crippen LogP contribution in [0.15, 0.2) is 95.9 Å². The molecule has 4 rings (SSSR count). The van der Waals surface area contributed by atoms with Crippen LogP contribution in [0.1, 0.15) is 54.0 Å². The molecule has 4 nitrogen and oxygen atoms in total. The molecule has 45 heavy (non-hydrogen) atoms. The van der Waals surface area contributed by atoms with Crippen molar-refractivity contribution in [1.82, 2.24) is 4.90 Å². The van der Waals surface area contributed by atoms with E-state index in [4.69, 9.17) is 16.3 Å². The van der Waals surface area contributed by atoms with Crippen LogP contribution >= 0.6 is 11.6 Å². The summed E-state index contributed by atoms with van der Waals surface area (Å²) < 4.78 is 74.1. The third-order valence-electron chi connectivity index (χ3n) is 7.46. The Bertz CT molecular complexity index is 1560. The summed E-state index contributed by atoms with van der Waals surface area (Å²) in [4.78, 5) is 2.19. The second-order valence-electron chi connectivity index (χ2n) is 11.4. The number of halogens is 5. The monoisotopic (exact) mass is 661 g/mol. The fraction of sp³-hybridized carbons (Fsp3) is 0.314. The van der Waals surface area contributed by atoms with Crippen molar-refractivity contribution in [3.05, 3.63) is 130 Å². The zero-order chi connectivity index (χ0) is 32.8. The van der Waals surface area contributed by atoms with Gasteiger partial charge in [-0.15, -0.1) is 0 Å². The number of rotatable bonds is 13. The fourth-order valence-corrected chi connectivity index (χ4v) is 6.58. The molecule has 0 aliphatic heterocycles. The van der Waals surface area contributed by atoms with Crippen molar-refractivity contribution in [3.63, 3.8) is 0 Å². The average Bonchev–Trinajstić information content (AvgIpc) is 2.98. The topological polar surface area (TPSA) is 49.8 Å². The summed E-state index contributed by atoms with van der Waals surface area (Å²) in [5, 5.41) is 10.1. The molecule has 0 radical (unpaired) electrons. The van der Waals surface area contributed by atoms with Gasteiger partial charge in [0.15, 0.2) is 0 Å². The molecule has 1 atom stereocenters. The molecule has 4 aromatic rings. The largest absolute Gasteiger partial charge is 0.493 e. The van der Waals surface area contributed by atoms with Gasteiger partial charge in [-0.05, 0) is 49.1 Å². The third kappa shape index (κ3) is 9.16. The van der Waals surface area contributed by atoms with E-state index in [1.807, 2.05) is 65.6 Å². The van der Waals surface area contributed by atoms with E-state index in [2.05, 4.69) is 0 Å². The van der Waals surface area contributed by atoms with E-state index in [9.17, 15) is 26.9 Å². The molecule has 4 aromatic carbocycles. The lowest BCUT2D eigenvalue weighted by molar-refractivity contribution is -0.137. The highest BCUT2D eigenvalue weighted by molar-refractivity contribution is 7.84. The van der Waals surface area contributed by atoms with Crippen molar-refractivity contribution in [2.45, 2.75) is 49.4 Å². The number of hydrogen-bond donors (Lipinski definition) is 1. The molecular weight excluding hydrogens is 626 g/mol. The number of nitrogens with zero attached hydrogens (tertiary/aromatic N) is 1. The molecule has 0 aliphatic rings. The smallest absolute Gasteiger partial charge is 0.417 e. The summed E-state index contributed by atoms with van der Waals surface area (Å²) in [5.74, 6) is -0.632. The fourth-order valence-electron chi connectivity index (χ4n) is 5.37. The summed E-state index contributed by atoms with van der Waals surface area (Å²) in [7, 11) is -1.58. The van der Waals surface area contributed by atoms with Crippen molar-refractivity contribution >= 4 is 22.4 Å². The predicted molar refractivity (Wildman–Crippen MR) is 171 cm³/mol. The highest BCUT2D eigenvalue weighted by Crippen LogP contribution is 2.37. The van der Waals surface area contributed by atoms with Gasteiger partial charge in [0.25, 0.3) is 0 Å². The normalized spacial score (nSPS) is 13.0. The van der Waals surface area contributed by atoms with Gasteiger partial charge < -0.3 is 9.84 Å². The van der Waals surface area contributed by atoms with Crippen molar-refractivity contribution in [2.75, 3.05) is 26.0 Å². The van der Waals surface area contributed by atoms with E-state index in [0.717, 1.165) is 23.3 Å². The van der Waals surface area contributed by atoms with Crippen molar-refractivity contribution in [2.24, 2.45) is 0 Å². The van der Waals surface area contributed by atoms with Gasteiger partial charge in [0.2, 0.25) is 0 Å². The Morgan fingerprint density at radius 2 is 1.53 bits per heavy atom. The molecule has 0 amide bonds. The summed E-state index contributed by atoms with van der Waals surface area (Å²) >= 11 is 6.30. The lowest BCUT2D eigenvalue weighted by Gasteiger charge is -2.29. The van der Waals surface area contributed by atoms with Crippen LogP contribution in [0.25, 0.3) is 0 Å². The maximum Gasteiger partial charge on any atom is 0.417 e. The Morgan fingerprint density at radius 3 is 2.07 bits per heavy atom. The van der Waals surface area contributed by atoms with E-state index >= 15 is 0 Å². The van der Waals surface area contributed by atoms with Crippen LogP contribution in [-0.2, 0) is 29.1 Å². The first-order valence-electron chi connectivity index (χ1n) is 14.4. The number of benzene rings is 4. The Kier molecular flexibility index (Phi) is 11.5. The summed E-state index contributed by atoms with van der Waals surface area (Å²) in [6.45, 7) is 4.07. The molecule has 0 heterocycles. The Morgan fingerprint density at radius 1 is 0.933 bits per heavy atom. The van der Waals surface area contributed by atoms with Crippen LogP contribution in [0.4, 0.5) is 17.6 Å². The molecule has 10 heteroatoms. The van der Waals surface area contributed by atoms with Crippen LogP contribution in [-0.4, -0.2) is 40.2 Å². The molecular formula is C35H36ClF4NO3S. The highest BCUT2D eigenvalue weighted by atomic mass is 35.5. The number of aliphatic hydroxyl groups is 1. The molecule has 0 spiro atoms.